The standard InChI is InChI=1S/C54H41N4O.Pt/c1-35-29-43(39-17-7-5-8-18-39)30-36(2)51(35)57-49-27-13-11-25-47(49)55-53(57)41-21-15-23-45(33-41)59-46-24-16-22-42(34-46)54-56-48-26-12-14-28-50(48)58(54)52-37(3)31-44(32-38(52)4)40-19-9-6-10-20-40;/h5-32,53H,1-4H3;/q-3;. The molecule has 6 heteroatoms. The minimum Gasteiger partial charge on any atom is -0.661 e. The van der Waals surface area contributed by atoms with E-state index in [2.05, 4.69) is 177 Å². The minimum absolute atomic E-state index is 0. The molecule has 0 amide bonds. The first-order chi connectivity index (χ1) is 28.9. The van der Waals surface area contributed by atoms with Gasteiger partial charge in [0, 0.05) is 49.6 Å². The molecular weight excluding hydrogens is 916 g/mol. The number of anilines is 2. The summed E-state index contributed by atoms with van der Waals surface area (Å²) < 4.78 is 8.86. The molecule has 0 radical (unpaired) electrons. The van der Waals surface area contributed by atoms with E-state index in [1.165, 1.54) is 33.4 Å². The first kappa shape index (κ1) is 38.8. The van der Waals surface area contributed by atoms with Crippen molar-refractivity contribution in [1.29, 1.82) is 0 Å². The molecule has 0 saturated carbocycles. The molecule has 0 spiro atoms. The zero-order valence-electron chi connectivity index (χ0n) is 33.8. The number of aromatic nitrogens is 2. The third-order valence-corrected chi connectivity index (χ3v) is 11.2. The smallest absolute Gasteiger partial charge is 0.0774 e. The molecule has 5 nitrogen and oxygen atoms in total. The van der Waals surface area contributed by atoms with Crippen LogP contribution in [0.2, 0.25) is 0 Å². The van der Waals surface area contributed by atoms with Crippen LogP contribution < -0.4 is 9.64 Å². The summed E-state index contributed by atoms with van der Waals surface area (Å²) in [5.74, 6) is 1.97. The SMILES string of the molecule is Cc1cc(-c2ccccc2)cc(C)c1N1c2ccccc2[N-]C1c1[c-]c(Oc2[c-]c(-c3nc4ccccc4n3-c3c(C)cc(-c4ccccc4)cc3C)ccc2)ccc1.[Pt]. The van der Waals surface area contributed by atoms with E-state index >= 15 is 0 Å². The first-order valence-electron chi connectivity index (χ1n) is 20.0. The molecule has 0 saturated heterocycles. The van der Waals surface area contributed by atoms with E-state index in [1.807, 2.05) is 42.5 Å². The molecule has 1 atom stereocenters. The molecule has 10 rings (SSSR count). The first-order valence-corrected chi connectivity index (χ1v) is 20.0. The molecule has 1 aromatic heterocycles. The van der Waals surface area contributed by atoms with E-state index in [0.717, 1.165) is 61.9 Å². The molecule has 2 heterocycles. The molecule has 0 aliphatic carbocycles. The third kappa shape index (κ3) is 7.10. The summed E-state index contributed by atoms with van der Waals surface area (Å²) in [7, 11) is 0. The van der Waals surface area contributed by atoms with Gasteiger partial charge in [-0.2, -0.15) is 17.7 Å². The summed E-state index contributed by atoms with van der Waals surface area (Å²) >= 11 is 0. The van der Waals surface area contributed by atoms with Gasteiger partial charge in [0.05, 0.1) is 16.9 Å². The summed E-state index contributed by atoms with van der Waals surface area (Å²) in [6.45, 7) is 8.74. The van der Waals surface area contributed by atoms with Gasteiger partial charge >= 0.3 is 0 Å². The summed E-state index contributed by atoms with van der Waals surface area (Å²) in [4.78, 5) is 7.53. The normalized spacial score (nSPS) is 13.1. The van der Waals surface area contributed by atoms with E-state index in [0.29, 0.717) is 11.5 Å². The molecule has 0 fully saturated rings. The van der Waals surface area contributed by atoms with Gasteiger partial charge < -0.3 is 19.5 Å². The Kier molecular flexibility index (Phi) is 10.5. The summed E-state index contributed by atoms with van der Waals surface area (Å²) in [6.07, 6.45) is -0.328. The van der Waals surface area contributed by atoms with Crippen LogP contribution >= 0.6 is 0 Å². The quantitative estimate of drug-likeness (QED) is 0.143. The Balaban J connectivity index is 0.00000462. The van der Waals surface area contributed by atoms with Gasteiger partial charge in [-0.05, 0) is 121 Å². The van der Waals surface area contributed by atoms with Gasteiger partial charge in [-0.25, -0.2) is 0 Å². The van der Waals surface area contributed by atoms with Gasteiger partial charge in [0.1, 0.15) is 0 Å². The van der Waals surface area contributed by atoms with Crippen molar-refractivity contribution in [1.82, 2.24) is 9.55 Å². The zero-order chi connectivity index (χ0) is 40.0. The Hall–Kier alpha value is -6.68. The molecule has 8 aromatic carbocycles. The van der Waals surface area contributed by atoms with Crippen molar-refractivity contribution >= 4 is 28.1 Å². The molecule has 1 aliphatic heterocycles. The van der Waals surface area contributed by atoms with Crippen LogP contribution in [0.4, 0.5) is 17.1 Å². The molecule has 0 N–H and O–H groups in total. The van der Waals surface area contributed by atoms with E-state index in [1.54, 1.807) is 0 Å². The van der Waals surface area contributed by atoms with Crippen molar-refractivity contribution in [3.05, 3.63) is 215 Å². The fourth-order valence-corrected chi connectivity index (χ4v) is 8.65. The molecule has 1 aliphatic rings. The number of imidazole rings is 1. The van der Waals surface area contributed by atoms with Gasteiger partial charge in [-0.15, -0.1) is 41.6 Å². The summed E-state index contributed by atoms with van der Waals surface area (Å²) in [5.41, 5.74) is 17.5. The van der Waals surface area contributed by atoms with Crippen LogP contribution in [0, 0.1) is 39.8 Å². The Labute approximate surface area is 366 Å². The molecular formula is C54H41N4OPt-3. The number of hydrogen-bond donors (Lipinski definition) is 0. The second kappa shape index (κ2) is 16.2. The Morgan fingerprint density at radius 1 is 0.533 bits per heavy atom. The predicted molar refractivity (Wildman–Crippen MR) is 241 cm³/mol. The number of nitrogens with zero attached hydrogens (tertiary/aromatic N) is 4. The summed E-state index contributed by atoms with van der Waals surface area (Å²) in [6, 6.07) is 66.0. The van der Waals surface area contributed by atoms with Gasteiger partial charge in [0.15, 0.2) is 0 Å². The average molecular weight is 957 g/mol. The van der Waals surface area contributed by atoms with Crippen molar-refractivity contribution in [3.8, 4) is 50.8 Å². The summed E-state index contributed by atoms with van der Waals surface area (Å²) in [5, 5.41) is 5.26. The third-order valence-electron chi connectivity index (χ3n) is 11.2. The van der Waals surface area contributed by atoms with Gasteiger partial charge in [-0.3, -0.25) is 4.98 Å². The van der Waals surface area contributed by atoms with Crippen LogP contribution in [-0.2, 0) is 21.1 Å². The van der Waals surface area contributed by atoms with E-state index in [4.69, 9.17) is 15.0 Å². The number of benzene rings is 8. The van der Waals surface area contributed by atoms with Crippen molar-refractivity contribution in [2.45, 2.75) is 33.9 Å². The van der Waals surface area contributed by atoms with Gasteiger partial charge in [-0.1, -0.05) is 97.1 Å². The Morgan fingerprint density at radius 2 is 1.08 bits per heavy atom. The van der Waals surface area contributed by atoms with Crippen LogP contribution in [0.25, 0.3) is 55.7 Å². The second-order valence-electron chi connectivity index (χ2n) is 15.3. The Morgan fingerprint density at radius 3 is 1.75 bits per heavy atom. The van der Waals surface area contributed by atoms with Crippen LogP contribution in [0.5, 0.6) is 11.5 Å². The number of para-hydroxylation sites is 4. The van der Waals surface area contributed by atoms with E-state index < -0.39 is 0 Å². The number of fused-ring (bicyclic) bond motifs is 2. The molecule has 9 aromatic rings. The van der Waals surface area contributed by atoms with Crippen LogP contribution in [0.3, 0.4) is 0 Å². The molecule has 60 heavy (non-hydrogen) atoms. The molecule has 0 bridgehead atoms. The van der Waals surface area contributed by atoms with Crippen LogP contribution in [0.1, 0.15) is 34.0 Å². The fourth-order valence-electron chi connectivity index (χ4n) is 8.65. The maximum absolute atomic E-state index is 6.59. The maximum Gasteiger partial charge on any atom is 0.0774 e. The van der Waals surface area contributed by atoms with Crippen molar-refractivity contribution in [2.75, 3.05) is 4.90 Å². The number of ether oxygens (including phenoxy) is 1. The van der Waals surface area contributed by atoms with Crippen molar-refractivity contribution < 1.29 is 25.8 Å². The number of hydrogen-bond acceptors (Lipinski definition) is 3. The van der Waals surface area contributed by atoms with Gasteiger partial charge in [0.25, 0.3) is 0 Å². The Bertz CT molecular complexity index is 2970. The number of aryl methyl sites for hydroxylation is 4. The van der Waals surface area contributed by atoms with Crippen molar-refractivity contribution in [3.63, 3.8) is 0 Å². The van der Waals surface area contributed by atoms with Crippen molar-refractivity contribution in [2.24, 2.45) is 0 Å². The molecule has 1 unspecified atom stereocenters. The molecule has 296 valence electrons. The number of rotatable bonds is 8. The van der Waals surface area contributed by atoms with Gasteiger partial charge in [0.2, 0.25) is 0 Å². The second-order valence-corrected chi connectivity index (χ2v) is 15.3. The largest absolute Gasteiger partial charge is 0.661 e. The minimum atomic E-state index is -0.328. The maximum atomic E-state index is 6.59. The van der Waals surface area contributed by atoms with E-state index in [9.17, 15) is 0 Å². The zero-order valence-corrected chi connectivity index (χ0v) is 36.0. The van der Waals surface area contributed by atoms with E-state index in [-0.39, 0.29) is 27.2 Å². The fraction of sp³-hybridized carbons (Fsp3) is 0.0926. The van der Waals surface area contributed by atoms with Crippen LogP contribution in [-0.4, -0.2) is 9.55 Å². The average Bonchev–Trinajstić information content (AvgIpc) is 3.83. The van der Waals surface area contributed by atoms with Crippen LogP contribution in [0.15, 0.2) is 170 Å². The predicted octanol–water partition coefficient (Wildman–Crippen LogP) is 14.5. The monoisotopic (exact) mass is 956 g/mol. The topological polar surface area (TPSA) is 44.4 Å².